The van der Waals surface area contributed by atoms with Gasteiger partial charge in [-0.05, 0) is 49.1 Å². The Bertz CT molecular complexity index is 1090. The van der Waals surface area contributed by atoms with Gasteiger partial charge in [-0.15, -0.1) is 10.2 Å². The molecule has 0 saturated heterocycles. The SMILES string of the molecule is CCc1ccccc1NC(=O)Cc1nnc(SCC(=O)Nc2cc(C)ccc2C)n1C. The first-order valence-corrected chi connectivity index (χ1v) is 11.1. The van der Waals surface area contributed by atoms with Crippen molar-refractivity contribution in [2.75, 3.05) is 16.4 Å². The van der Waals surface area contributed by atoms with E-state index >= 15 is 0 Å². The van der Waals surface area contributed by atoms with Gasteiger partial charge in [0.1, 0.15) is 5.82 Å². The van der Waals surface area contributed by atoms with E-state index in [0.717, 1.165) is 34.5 Å². The zero-order valence-corrected chi connectivity index (χ0v) is 19.0. The van der Waals surface area contributed by atoms with Crippen LogP contribution >= 0.6 is 11.8 Å². The second-order valence-electron chi connectivity index (χ2n) is 7.35. The number of aromatic nitrogens is 3. The molecule has 0 aliphatic heterocycles. The Morgan fingerprint density at radius 3 is 2.52 bits per heavy atom. The third-order valence-electron chi connectivity index (χ3n) is 4.92. The number of nitrogens with zero attached hydrogens (tertiary/aromatic N) is 3. The molecule has 0 atom stereocenters. The van der Waals surface area contributed by atoms with E-state index in [0.29, 0.717) is 11.0 Å². The molecule has 3 rings (SSSR count). The summed E-state index contributed by atoms with van der Waals surface area (Å²) in [7, 11) is 1.80. The lowest BCUT2D eigenvalue weighted by atomic mass is 10.1. The topological polar surface area (TPSA) is 88.9 Å². The Morgan fingerprint density at radius 2 is 1.74 bits per heavy atom. The lowest BCUT2D eigenvalue weighted by Gasteiger charge is -2.10. The van der Waals surface area contributed by atoms with Crippen LogP contribution in [0.5, 0.6) is 0 Å². The summed E-state index contributed by atoms with van der Waals surface area (Å²) >= 11 is 1.29. The summed E-state index contributed by atoms with van der Waals surface area (Å²) in [6.45, 7) is 6.00. The van der Waals surface area contributed by atoms with Gasteiger partial charge in [0.05, 0.1) is 12.2 Å². The molecule has 0 bridgehead atoms. The highest BCUT2D eigenvalue weighted by Gasteiger charge is 2.15. The van der Waals surface area contributed by atoms with Crippen LogP contribution in [0.4, 0.5) is 11.4 Å². The number of rotatable bonds is 8. The number of nitrogens with one attached hydrogen (secondary N) is 2. The van der Waals surface area contributed by atoms with Gasteiger partial charge in [-0.1, -0.05) is 49.0 Å². The first-order chi connectivity index (χ1) is 14.9. The molecule has 8 heteroatoms. The summed E-state index contributed by atoms with van der Waals surface area (Å²) in [4.78, 5) is 24.8. The minimum absolute atomic E-state index is 0.108. The van der Waals surface area contributed by atoms with Gasteiger partial charge in [-0.2, -0.15) is 0 Å². The number of carbonyl (C=O) groups excluding carboxylic acids is 2. The minimum Gasteiger partial charge on any atom is -0.325 e. The largest absolute Gasteiger partial charge is 0.325 e. The van der Waals surface area contributed by atoms with Crippen LogP contribution in [-0.4, -0.2) is 32.3 Å². The molecule has 0 spiro atoms. The predicted octanol–water partition coefficient (Wildman–Crippen LogP) is 3.91. The van der Waals surface area contributed by atoms with Crippen molar-refractivity contribution in [3.63, 3.8) is 0 Å². The maximum Gasteiger partial charge on any atom is 0.234 e. The smallest absolute Gasteiger partial charge is 0.234 e. The molecule has 1 aromatic heterocycles. The molecular formula is C23H27N5O2S. The Labute approximate surface area is 186 Å². The zero-order valence-electron chi connectivity index (χ0n) is 18.2. The number of hydrogen-bond donors (Lipinski definition) is 2. The molecule has 0 aliphatic carbocycles. The molecule has 2 N–H and O–H groups in total. The Balaban J connectivity index is 1.56. The predicted molar refractivity (Wildman–Crippen MR) is 124 cm³/mol. The van der Waals surface area contributed by atoms with E-state index in [9.17, 15) is 9.59 Å². The van der Waals surface area contributed by atoms with Crippen LogP contribution in [0.3, 0.4) is 0 Å². The lowest BCUT2D eigenvalue weighted by molar-refractivity contribution is -0.116. The van der Waals surface area contributed by atoms with E-state index in [4.69, 9.17) is 0 Å². The molecule has 2 amide bonds. The molecular weight excluding hydrogens is 410 g/mol. The molecule has 7 nitrogen and oxygen atoms in total. The zero-order chi connectivity index (χ0) is 22.4. The van der Waals surface area contributed by atoms with Crippen LogP contribution in [0.15, 0.2) is 47.6 Å². The van der Waals surface area contributed by atoms with Gasteiger partial charge in [0.15, 0.2) is 5.16 Å². The molecule has 2 aromatic carbocycles. The maximum absolute atomic E-state index is 12.5. The first-order valence-electron chi connectivity index (χ1n) is 10.1. The monoisotopic (exact) mass is 437 g/mol. The molecule has 0 saturated carbocycles. The summed E-state index contributed by atoms with van der Waals surface area (Å²) in [5.74, 6) is 0.483. The van der Waals surface area contributed by atoms with Gasteiger partial charge in [-0.3, -0.25) is 9.59 Å². The second kappa shape index (κ2) is 10.3. The van der Waals surface area contributed by atoms with Crippen molar-refractivity contribution in [3.05, 3.63) is 65.0 Å². The number of aryl methyl sites for hydroxylation is 3. The normalized spacial score (nSPS) is 10.7. The number of amides is 2. The van der Waals surface area contributed by atoms with Crippen molar-refractivity contribution in [1.29, 1.82) is 0 Å². The van der Waals surface area contributed by atoms with Crippen LogP contribution in [0.2, 0.25) is 0 Å². The standard InChI is InChI=1S/C23H27N5O2S/c1-5-17-8-6-7-9-18(17)24-21(29)13-20-26-27-23(28(20)4)31-14-22(30)25-19-12-15(2)10-11-16(19)3/h6-12H,5,13-14H2,1-4H3,(H,24,29)(H,25,30). The van der Waals surface area contributed by atoms with Crippen LogP contribution in [0.1, 0.15) is 29.4 Å². The maximum atomic E-state index is 12.5. The van der Waals surface area contributed by atoms with E-state index < -0.39 is 0 Å². The highest BCUT2D eigenvalue weighted by Crippen LogP contribution is 2.20. The summed E-state index contributed by atoms with van der Waals surface area (Å²) < 4.78 is 1.75. The summed E-state index contributed by atoms with van der Waals surface area (Å²) in [5, 5.41) is 14.7. The van der Waals surface area contributed by atoms with Gasteiger partial charge >= 0.3 is 0 Å². The molecule has 31 heavy (non-hydrogen) atoms. The molecule has 0 radical (unpaired) electrons. The third-order valence-corrected chi connectivity index (χ3v) is 5.94. The molecule has 0 fully saturated rings. The van der Waals surface area contributed by atoms with E-state index in [1.165, 1.54) is 11.8 Å². The van der Waals surface area contributed by atoms with Gasteiger partial charge in [0.2, 0.25) is 11.8 Å². The summed E-state index contributed by atoms with van der Waals surface area (Å²) in [5.41, 5.74) is 4.81. The van der Waals surface area contributed by atoms with Crippen LogP contribution in [0, 0.1) is 13.8 Å². The van der Waals surface area contributed by atoms with E-state index in [2.05, 4.69) is 20.8 Å². The van der Waals surface area contributed by atoms with Gasteiger partial charge in [-0.25, -0.2) is 0 Å². The van der Waals surface area contributed by atoms with Crippen LogP contribution in [0.25, 0.3) is 0 Å². The average Bonchev–Trinajstić information content (AvgIpc) is 3.09. The fourth-order valence-corrected chi connectivity index (χ4v) is 3.83. The highest BCUT2D eigenvalue weighted by atomic mass is 32.2. The first kappa shape index (κ1) is 22.6. The number of carbonyl (C=O) groups is 2. The molecule has 1 heterocycles. The number of hydrogen-bond acceptors (Lipinski definition) is 5. The number of para-hydroxylation sites is 1. The Hall–Kier alpha value is -3.13. The van der Waals surface area contributed by atoms with E-state index in [-0.39, 0.29) is 24.0 Å². The van der Waals surface area contributed by atoms with Gasteiger partial charge in [0.25, 0.3) is 0 Å². The summed E-state index contributed by atoms with van der Waals surface area (Å²) in [6.07, 6.45) is 0.947. The van der Waals surface area contributed by atoms with Gasteiger partial charge in [0, 0.05) is 18.4 Å². The lowest BCUT2D eigenvalue weighted by Crippen LogP contribution is -2.18. The number of benzene rings is 2. The quantitative estimate of drug-likeness (QED) is 0.522. The average molecular weight is 438 g/mol. The molecule has 162 valence electrons. The van der Waals surface area contributed by atoms with Gasteiger partial charge < -0.3 is 15.2 Å². The molecule has 0 aliphatic rings. The van der Waals surface area contributed by atoms with Crippen LogP contribution in [-0.2, 0) is 29.5 Å². The Kier molecular flexibility index (Phi) is 7.46. The van der Waals surface area contributed by atoms with Crippen molar-refractivity contribution in [3.8, 4) is 0 Å². The fourth-order valence-electron chi connectivity index (χ4n) is 3.10. The minimum atomic E-state index is -0.152. The summed E-state index contributed by atoms with van der Waals surface area (Å²) in [6, 6.07) is 13.7. The van der Waals surface area contributed by atoms with Crippen molar-refractivity contribution < 1.29 is 9.59 Å². The fraction of sp³-hybridized carbons (Fsp3) is 0.304. The second-order valence-corrected chi connectivity index (χ2v) is 8.29. The van der Waals surface area contributed by atoms with Crippen molar-refractivity contribution in [1.82, 2.24) is 14.8 Å². The Morgan fingerprint density at radius 1 is 1.00 bits per heavy atom. The highest BCUT2D eigenvalue weighted by molar-refractivity contribution is 7.99. The number of thioether (sulfide) groups is 1. The molecule has 0 unspecified atom stereocenters. The van der Waals surface area contributed by atoms with E-state index in [1.807, 2.05) is 63.2 Å². The van der Waals surface area contributed by atoms with Crippen LogP contribution < -0.4 is 10.6 Å². The van der Waals surface area contributed by atoms with Crippen molar-refractivity contribution in [2.24, 2.45) is 7.05 Å². The third kappa shape index (κ3) is 5.95. The van der Waals surface area contributed by atoms with E-state index in [1.54, 1.807) is 11.6 Å². The number of anilines is 2. The molecule has 3 aromatic rings. The van der Waals surface area contributed by atoms with Crippen molar-refractivity contribution >= 4 is 35.0 Å². The van der Waals surface area contributed by atoms with Crippen molar-refractivity contribution in [2.45, 2.75) is 38.8 Å².